The highest BCUT2D eigenvalue weighted by Gasteiger charge is 2.44. The Balaban J connectivity index is 2.73. The van der Waals surface area contributed by atoms with E-state index in [9.17, 15) is 35.4 Å². The first-order valence-electron chi connectivity index (χ1n) is 19.8. The van der Waals surface area contributed by atoms with E-state index in [0.717, 1.165) is 19.3 Å². The van der Waals surface area contributed by atoms with E-state index < -0.39 is 68.1 Å². The van der Waals surface area contributed by atoms with Crippen molar-refractivity contribution in [2.45, 2.75) is 146 Å². The van der Waals surface area contributed by atoms with Gasteiger partial charge in [0.1, 0.15) is 30.5 Å². The lowest BCUT2D eigenvalue weighted by molar-refractivity contribution is -0.303. The van der Waals surface area contributed by atoms with Gasteiger partial charge < -0.3 is 45.4 Å². The monoisotopic (exact) mass is 809 g/mol. The van der Waals surface area contributed by atoms with Crippen LogP contribution in [0.25, 0.3) is 0 Å². The predicted molar refractivity (Wildman–Crippen MR) is 228 cm³/mol. The molecule has 0 aromatic heterocycles. The van der Waals surface area contributed by atoms with Gasteiger partial charge in [0.15, 0.2) is 6.29 Å². The van der Waals surface area contributed by atoms with Gasteiger partial charge in [-0.3, -0.25) is 4.79 Å². The fourth-order valence-corrected chi connectivity index (χ4v) is 5.24. The molecule has 1 aliphatic rings. The molecule has 0 aliphatic carbocycles. The smallest absolute Gasteiger partial charge is 0.297 e. The number of nitrogens with one attached hydrogen (secondary N) is 1. The van der Waals surface area contributed by atoms with Crippen LogP contribution in [0.5, 0.6) is 0 Å². The predicted octanol–water partition coefficient (Wildman–Crippen LogP) is 1.16. The molecule has 0 aromatic carbocycles. The van der Waals surface area contributed by atoms with Gasteiger partial charge in [-0.2, -0.15) is 0 Å². The average molecular weight is 810 g/mol. The molecule has 0 bridgehead atoms. The molecule has 0 aromatic rings. The standard InChI is InChI=1S/C50H51NO9/c1-3-5-7-9-11-13-15-17-18-19-20-21-22-23-24-25-26-27-29-31-33-35-37-39-45(54)51-42(41-59-50-49(58)48(57)47(56)44(40-52)60-50)46(55)43(53)38-36-34-32-30-28-16-14-12-10-8-6-4-2/h42-44,46-50,52-53,55-58H,4,6,8,10,12,14,16,28,30,32,34,36,38,40-41H2,1-2H3,(H,51,54)/t42-,43+,44?,46-,47+,48-,49+,50-/m0/s1. The number of aliphatic hydroxyl groups is 6. The molecule has 310 valence electrons. The van der Waals surface area contributed by atoms with Crippen molar-refractivity contribution < 1.29 is 44.9 Å². The minimum atomic E-state index is -1.70. The zero-order valence-corrected chi connectivity index (χ0v) is 34.1. The van der Waals surface area contributed by atoms with Crippen LogP contribution < -0.4 is 5.32 Å². The van der Waals surface area contributed by atoms with E-state index >= 15 is 0 Å². The second kappa shape index (κ2) is 36.0. The summed E-state index contributed by atoms with van der Waals surface area (Å²) in [6, 6.07) is -1.23. The third-order valence-electron chi connectivity index (χ3n) is 8.38. The van der Waals surface area contributed by atoms with Crippen molar-refractivity contribution in [1.29, 1.82) is 0 Å². The van der Waals surface area contributed by atoms with Gasteiger partial charge in [-0.25, -0.2) is 0 Å². The number of hydrogen-bond donors (Lipinski definition) is 7. The average Bonchev–Trinajstić information content (AvgIpc) is 3.25. The van der Waals surface area contributed by atoms with Crippen molar-refractivity contribution in [3.05, 3.63) is 0 Å². The molecular formula is C50H51NO9. The fourth-order valence-electron chi connectivity index (χ4n) is 5.24. The van der Waals surface area contributed by atoms with Gasteiger partial charge in [0.25, 0.3) is 5.91 Å². The van der Waals surface area contributed by atoms with E-state index in [-0.39, 0.29) is 6.42 Å². The van der Waals surface area contributed by atoms with Gasteiger partial charge in [-0.05, 0) is 108 Å². The number of aliphatic hydroxyl groups excluding tert-OH is 6. The van der Waals surface area contributed by atoms with E-state index in [2.05, 4.69) is 154 Å². The van der Waals surface area contributed by atoms with Crippen molar-refractivity contribution >= 4 is 5.91 Å². The maximum absolute atomic E-state index is 12.7. The number of hydrogen-bond acceptors (Lipinski definition) is 9. The van der Waals surface area contributed by atoms with Crippen molar-refractivity contribution in [3.63, 3.8) is 0 Å². The third-order valence-corrected chi connectivity index (χ3v) is 8.38. The minimum Gasteiger partial charge on any atom is -0.394 e. The van der Waals surface area contributed by atoms with Crippen LogP contribution in [-0.2, 0) is 14.3 Å². The molecule has 8 atom stereocenters. The zero-order valence-electron chi connectivity index (χ0n) is 34.1. The summed E-state index contributed by atoms with van der Waals surface area (Å²) in [5, 5.41) is 64.3. The van der Waals surface area contributed by atoms with E-state index in [1.165, 1.54) is 51.4 Å². The van der Waals surface area contributed by atoms with E-state index in [1.807, 2.05) is 0 Å². The van der Waals surface area contributed by atoms with Crippen molar-refractivity contribution in [2.24, 2.45) is 0 Å². The minimum absolute atomic E-state index is 0.259. The SMILES string of the molecule is CC#CC#CC#CC#CC#CC#CC#CC#CC#CC#CC#CC#CC(=O)N[C@@H](CO[C@H]1OC(CO)[C@@H](O)[C@H](O)[C@H]1O)[C@H](O)[C@H](O)CCCCCCCCCCCCCC. The molecule has 1 heterocycles. The molecule has 1 fully saturated rings. The summed E-state index contributed by atoms with van der Waals surface area (Å²) in [6.07, 6.45) is 3.47. The molecular weight excluding hydrogens is 759 g/mol. The highest BCUT2D eigenvalue weighted by Crippen LogP contribution is 2.23. The van der Waals surface area contributed by atoms with Crippen LogP contribution in [0.3, 0.4) is 0 Å². The molecule has 10 nitrogen and oxygen atoms in total. The summed E-state index contributed by atoms with van der Waals surface area (Å²) in [7, 11) is 0. The number of carbonyl (C=O) groups is 1. The zero-order chi connectivity index (χ0) is 43.9. The van der Waals surface area contributed by atoms with E-state index in [0.29, 0.717) is 6.42 Å². The second-order valence-corrected chi connectivity index (χ2v) is 13.0. The number of unbranched alkanes of at least 4 members (excludes halogenated alkanes) is 11. The van der Waals surface area contributed by atoms with Crippen LogP contribution in [0.2, 0.25) is 0 Å². The van der Waals surface area contributed by atoms with Crippen LogP contribution >= 0.6 is 0 Å². The Kier molecular flexibility index (Phi) is 31.1. The second-order valence-electron chi connectivity index (χ2n) is 13.0. The first-order valence-corrected chi connectivity index (χ1v) is 19.8. The summed E-state index contributed by atoms with van der Waals surface area (Å²) in [5.41, 5.74) is 0. The Morgan fingerprint density at radius 3 is 1.40 bits per heavy atom. The molecule has 0 spiro atoms. The quantitative estimate of drug-likeness (QED) is 0.0706. The van der Waals surface area contributed by atoms with Gasteiger partial charge in [0.2, 0.25) is 0 Å². The molecule has 1 aliphatic heterocycles. The Morgan fingerprint density at radius 1 is 0.583 bits per heavy atom. The molecule has 7 N–H and O–H groups in total. The van der Waals surface area contributed by atoms with Gasteiger partial charge in [-0.15, -0.1) is 0 Å². The van der Waals surface area contributed by atoms with Crippen molar-refractivity contribution in [2.75, 3.05) is 13.2 Å². The van der Waals surface area contributed by atoms with Crippen LogP contribution in [-0.4, -0.2) is 98.7 Å². The Bertz CT molecular complexity index is 2140. The summed E-state index contributed by atoms with van der Waals surface area (Å²) in [4.78, 5) is 12.7. The van der Waals surface area contributed by atoms with Crippen LogP contribution in [0.15, 0.2) is 0 Å². The lowest BCUT2D eigenvalue weighted by atomic mass is 9.98. The highest BCUT2D eigenvalue weighted by molar-refractivity contribution is 5.94. The lowest BCUT2D eigenvalue weighted by Gasteiger charge is -2.40. The summed E-state index contributed by atoms with van der Waals surface area (Å²) < 4.78 is 10.9. The van der Waals surface area contributed by atoms with Crippen LogP contribution in [0, 0.1) is 142 Å². The molecule has 1 amide bonds. The van der Waals surface area contributed by atoms with Gasteiger partial charge in [0.05, 0.1) is 25.4 Å². The van der Waals surface area contributed by atoms with E-state index in [4.69, 9.17) is 9.47 Å². The summed E-state index contributed by atoms with van der Waals surface area (Å²) >= 11 is 0. The molecule has 1 saturated heterocycles. The van der Waals surface area contributed by atoms with Crippen LogP contribution in [0.1, 0.15) is 97.3 Å². The molecule has 0 saturated carbocycles. The first kappa shape index (κ1) is 51.9. The molecule has 1 rings (SSSR count). The molecule has 10 heteroatoms. The summed E-state index contributed by atoms with van der Waals surface area (Å²) in [5.74, 6) is 58.4. The topological polar surface area (TPSA) is 169 Å². The lowest BCUT2D eigenvalue weighted by Crippen LogP contribution is -2.60. The number of carbonyl (C=O) groups excluding carboxylic acids is 1. The maximum Gasteiger partial charge on any atom is 0.297 e. The van der Waals surface area contributed by atoms with Crippen molar-refractivity contribution in [1.82, 2.24) is 5.32 Å². The highest BCUT2D eigenvalue weighted by atomic mass is 16.7. The molecule has 1 unspecified atom stereocenters. The molecule has 60 heavy (non-hydrogen) atoms. The van der Waals surface area contributed by atoms with Gasteiger partial charge in [0, 0.05) is 41.4 Å². The van der Waals surface area contributed by atoms with E-state index in [1.54, 1.807) is 6.92 Å². The summed E-state index contributed by atoms with van der Waals surface area (Å²) in [6.45, 7) is 2.73. The molecule has 0 radical (unpaired) electrons. The number of amides is 1. The number of ether oxygens (including phenoxy) is 2. The van der Waals surface area contributed by atoms with Crippen LogP contribution in [0.4, 0.5) is 0 Å². The number of rotatable bonds is 20. The van der Waals surface area contributed by atoms with Crippen molar-refractivity contribution in [3.8, 4) is 142 Å². The normalized spacial score (nSPS) is 17.8. The Hall–Kier alpha value is -6.13. The van der Waals surface area contributed by atoms with Gasteiger partial charge in [-0.1, -0.05) is 89.9 Å². The third kappa shape index (κ3) is 26.0. The Labute approximate surface area is 356 Å². The Morgan fingerprint density at radius 2 is 0.983 bits per heavy atom. The first-order chi connectivity index (χ1) is 29.3. The fraction of sp³-hybridized carbons (Fsp3) is 0.500. The largest absolute Gasteiger partial charge is 0.394 e. The van der Waals surface area contributed by atoms with Gasteiger partial charge >= 0.3 is 0 Å². The maximum atomic E-state index is 12.7.